The van der Waals surface area contributed by atoms with Crippen molar-refractivity contribution in [3.8, 4) is 0 Å². The number of hydrogen-bond acceptors (Lipinski definition) is 5. The minimum absolute atomic E-state index is 0.000574. The van der Waals surface area contributed by atoms with E-state index in [1.807, 2.05) is 0 Å². The van der Waals surface area contributed by atoms with Gasteiger partial charge in [0.25, 0.3) is 0 Å². The Balaban J connectivity index is 1.87. The van der Waals surface area contributed by atoms with Crippen LogP contribution in [0.3, 0.4) is 0 Å². The van der Waals surface area contributed by atoms with Gasteiger partial charge in [-0.15, -0.1) is 0 Å². The first kappa shape index (κ1) is 16.2. The molecule has 0 aromatic rings. The van der Waals surface area contributed by atoms with Crippen molar-refractivity contribution < 1.29 is 23.1 Å². The second-order valence-corrected chi connectivity index (χ2v) is 8.44. The smallest absolute Gasteiger partial charge is 0.309 e. The molecule has 7 nitrogen and oxygen atoms in total. The summed E-state index contributed by atoms with van der Waals surface area (Å²) in [5.74, 6) is -0.802. The van der Waals surface area contributed by atoms with Crippen LogP contribution in [0.1, 0.15) is 26.2 Å². The van der Waals surface area contributed by atoms with Crippen molar-refractivity contribution in [2.75, 3.05) is 31.1 Å². The van der Waals surface area contributed by atoms with Crippen LogP contribution in [0.15, 0.2) is 0 Å². The molecule has 0 aromatic carbocycles. The standard InChI is InChI=1S/C13H22N2O5S/c1-13(12(17)18)2-5-15(6-3-13)11(16)8-10-9-21(19,20)7-4-14-10/h10,14H,2-9H2,1H3,(H,17,18). The number of nitrogens with one attached hydrogen (secondary N) is 1. The molecular weight excluding hydrogens is 296 g/mol. The van der Waals surface area contributed by atoms with Crippen molar-refractivity contribution >= 4 is 21.7 Å². The lowest BCUT2D eigenvalue weighted by Crippen LogP contribution is -2.50. The number of likely N-dealkylation sites (tertiary alicyclic amines) is 1. The molecule has 0 saturated carbocycles. The predicted molar refractivity (Wildman–Crippen MR) is 76.6 cm³/mol. The van der Waals surface area contributed by atoms with Crippen molar-refractivity contribution in [1.82, 2.24) is 10.2 Å². The highest BCUT2D eigenvalue weighted by molar-refractivity contribution is 7.91. The number of carboxylic acid groups (broad SMARTS) is 1. The molecule has 2 rings (SSSR count). The first-order chi connectivity index (χ1) is 9.72. The fourth-order valence-corrected chi connectivity index (χ4v) is 4.25. The van der Waals surface area contributed by atoms with Gasteiger partial charge in [0.15, 0.2) is 9.84 Å². The number of amides is 1. The Kier molecular flexibility index (Phi) is 4.57. The molecule has 8 heteroatoms. The van der Waals surface area contributed by atoms with Gasteiger partial charge in [0, 0.05) is 32.1 Å². The molecule has 1 atom stereocenters. The molecule has 2 fully saturated rings. The van der Waals surface area contributed by atoms with Crippen LogP contribution in [-0.4, -0.2) is 67.5 Å². The Labute approximate surface area is 124 Å². The number of carboxylic acids is 1. The van der Waals surface area contributed by atoms with E-state index in [1.54, 1.807) is 11.8 Å². The van der Waals surface area contributed by atoms with Crippen molar-refractivity contribution in [3.05, 3.63) is 0 Å². The second kappa shape index (κ2) is 5.92. The highest BCUT2D eigenvalue weighted by atomic mass is 32.2. The lowest BCUT2D eigenvalue weighted by atomic mass is 9.80. The molecule has 2 N–H and O–H groups in total. The topological polar surface area (TPSA) is 104 Å². The van der Waals surface area contributed by atoms with Crippen LogP contribution in [0.2, 0.25) is 0 Å². The SMILES string of the molecule is CC1(C(=O)O)CCN(C(=O)CC2CS(=O)(=O)CCN2)CC1. The van der Waals surface area contributed by atoms with Gasteiger partial charge in [-0.25, -0.2) is 8.42 Å². The monoisotopic (exact) mass is 318 g/mol. The molecule has 120 valence electrons. The zero-order valence-electron chi connectivity index (χ0n) is 12.2. The summed E-state index contributed by atoms with van der Waals surface area (Å²) in [5, 5.41) is 12.2. The van der Waals surface area contributed by atoms with Gasteiger partial charge in [-0.2, -0.15) is 0 Å². The van der Waals surface area contributed by atoms with Crippen LogP contribution in [0, 0.1) is 5.41 Å². The van der Waals surface area contributed by atoms with Gasteiger partial charge in [-0.05, 0) is 19.8 Å². The lowest BCUT2D eigenvalue weighted by Gasteiger charge is -2.37. The Morgan fingerprint density at radius 2 is 1.95 bits per heavy atom. The summed E-state index contributed by atoms with van der Waals surface area (Å²) in [5.41, 5.74) is -0.761. The summed E-state index contributed by atoms with van der Waals surface area (Å²) in [4.78, 5) is 25.0. The van der Waals surface area contributed by atoms with Crippen molar-refractivity contribution in [2.45, 2.75) is 32.2 Å². The minimum atomic E-state index is -3.05. The van der Waals surface area contributed by atoms with E-state index in [0.29, 0.717) is 32.5 Å². The number of sulfone groups is 1. The van der Waals surface area contributed by atoms with Gasteiger partial charge in [-0.3, -0.25) is 9.59 Å². The van der Waals surface area contributed by atoms with Crippen molar-refractivity contribution in [1.29, 1.82) is 0 Å². The van der Waals surface area contributed by atoms with E-state index < -0.39 is 21.2 Å². The third kappa shape index (κ3) is 3.94. The summed E-state index contributed by atoms with van der Waals surface area (Å²) in [7, 11) is -3.05. The number of hydrogen-bond donors (Lipinski definition) is 2. The van der Waals surface area contributed by atoms with E-state index >= 15 is 0 Å². The van der Waals surface area contributed by atoms with E-state index in [-0.39, 0.29) is 29.9 Å². The lowest BCUT2D eigenvalue weighted by molar-refractivity contribution is -0.153. The molecule has 2 aliphatic heterocycles. The maximum Gasteiger partial charge on any atom is 0.309 e. The minimum Gasteiger partial charge on any atom is -0.481 e. The Morgan fingerprint density at radius 3 is 2.48 bits per heavy atom. The summed E-state index contributed by atoms with van der Waals surface area (Å²) >= 11 is 0. The number of aliphatic carboxylic acids is 1. The summed E-state index contributed by atoms with van der Waals surface area (Å²) in [6.45, 7) is 2.92. The second-order valence-electron chi connectivity index (χ2n) is 6.22. The molecule has 2 saturated heterocycles. The third-order valence-corrected chi connectivity index (χ3v) is 6.19. The molecule has 0 radical (unpaired) electrons. The molecule has 2 heterocycles. The third-order valence-electron chi connectivity index (χ3n) is 4.46. The molecular formula is C13H22N2O5S. The fraction of sp³-hybridized carbons (Fsp3) is 0.846. The predicted octanol–water partition coefficient (Wildman–Crippen LogP) is -0.524. The normalized spacial score (nSPS) is 28.0. The van der Waals surface area contributed by atoms with Gasteiger partial charge < -0.3 is 15.3 Å². The van der Waals surface area contributed by atoms with Gasteiger partial charge >= 0.3 is 5.97 Å². The molecule has 0 bridgehead atoms. The number of carbonyl (C=O) groups excluding carboxylic acids is 1. The highest BCUT2D eigenvalue weighted by Gasteiger charge is 2.38. The van der Waals surface area contributed by atoms with E-state index in [0.717, 1.165) is 0 Å². The van der Waals surface area contributed by atoms with Crippen LogP contribution in [-0.2, 0) is 19.4 Å². The summed E-state index contributed by atoms with van der Waals surface area (Å²) in [6, 6.07) is -0.330. The molecule has 0 aliphatic carbocycles. The molecule has 21 heavy (non-hydrogen) atoms. The number of nitrogens with zero attached hydrogens (tertiary/aromatic N) is 1. The van der Waals surface area contributed by atoms with Gasteiger partial charge in [-0.1, -0.05) is 0 Å². The quantitative estimate of drug-likeness (QED) is 0.725. The summed E-state index contributed by atoms with van der Waals surface area (Å²) in [6.07, 6.45) is 1.03. The average molecular weight is 318 g/mol. The van der Waals surface area contributed by atoms with E-state index in [2.05, 4.69) is 5.32 Å². The van der Waals surface area contributed by atoms with Crippen LogP contribution in [0.25, 0.3) is 0 Å². The number of piperidine rings is 1. The van der Waals surface area contributed by atoms with E-state index in [4.69, 9.17) is 5.11 Å². The van der Waals surface area contributed by atoms with Crippen molar-refractivity contribution in [3.63, 3.8) is 0 Å². The van der Waals surface area contributed by atoms with Crippen LogP contribution in [0.5, 0.6) is 0 Å². The fourth-order valence-electron chi connectivity index (χ4n) is 2.80. The highest BCUT2D eigenvalue weighted by Crippen LogP contribution is 2.31. The maximum atomic E-state index is 12.2. The average Bonchev–Trinajstić information content (AvgIpc) is 2.38. The molecule has 2 aliphatic rings. The van der Waals surface area contributed by atoms with Crippen LogP contribution in [0.4, 0.5) is 0 Å². The molecule has 1 amide bonds. The first-order valence-corrected chi connectivity index (χ1v) is 8.99. The Bertz CT molecular complexity index is 523. The van der Waals surface area contributed by atoms with Gasteiger partial charge in [0.1, 0.15) is 0 Å². The zero-order valence-corrected chi connectivity index (χ0v) is 13.0. The van der Waals surface area contributed by atoms with Gasteiger partial charge in [0.05, 0.1) is 16.9 Å². The first-order valence-electron chi connectivity index (χ1n) is 7.17. The largest absolute Gasteiger partial charge is 0.481 e. The summed E-state index contributed by atoms with van der Waals surface area (Å²) < 4.78 is 23.1. The van der Waals surface area contributed by atoms with Crippen LogP contribution < -0.4 is 5.32 Å². The molecule has 1 unspecified atom stereocenters. The maximum absolute atomic E-state index is 12.2. The Hall–Kier alpha value is -1.15. The number of carbonyl (C=O) groups is 2. The molecule has 0 spiro atoms. The van der Waals surface area contributed by atoms with E-state index in [9.17, 15) is 18.0 Å². The molecule has 0 aromatic heterocycles. The van der Waals surface area contributed by atoms with Crippen molar-refractivity contribution in [2.24, 2.45) is 5.41 Å². The van der Waals surface area contributed by atoms with E-state index in [1.165, 1.54) is 0 Å². The van der Waals surface area contributed by atoms with Gasteiger partial charge in [0.2, 0.25) is 5.91 Å². The Morgan fingerprint density at radius 1 is 1.33 bits per heavy atom. The zero-order chi connectivity index (χ0) is 15.7. The number of rotatable bonds is 3. The van der Waals surface area contributed by atoms with Crippen LogP contribution >= 0.6 is 0 Å².